The van der Waals surface area contributed by atoms with Crippen LogP contribution in [0.5, 0.6) is 0 Å². The number of carboxylic acids is 1. The number of likely N-dealkylation sites (tertiary alicyclic amines) is 1. The van der Waals surface area contributed by atoms with E-state index in [4.69, 9.17) is 9.84 Å². The van der Waals surface area contributed by atoms with Gasteiger partial charge < -0.3 is 45.4 Å². The van der Waals surface area contributed by atoms with Crippen molar-refractivity contribution in [1.82, 2.24) is 40.8 Å². The first-order chi connectivity index (χ1) is 30.5. The fourth-order valence-corrected chi connectivity index (χ4v) is 7.72. The molecule has 2 aliphatic rings. The Morgan fingerprint density at radius 3 is 1.67 bits per heavy atom. The fraction of sp³-hybridized carbons (Fsp3) is 0.261. The van der Waals surface area contributed by atoms with Crippen molar-refractivity contribution < 1.29 is 33.8 Å². The van der Waals surface area contributed by atoms with Gasteiger partial charge in [0.05, 0.1) is 50.1 Å². The Bertz CT molecular complexity index is 2410. The smallest absolute Gasteiger partial charge is 0.407 e. The first kappa shape index (κ1) is 46.2. The highest BCUT2D eigenvalue weighted by molar-refractivity contribution is 9.10. The Morgan fingerprint density at radius 1 is 0.683 bits per heavy atom. The molecule has 8 rings (SSSR count). The van der Waals surface area contributed by atoms with Crippen molar-refractivity contribution in [3.05, 3.63) is 153 Å². The summed E-state index contributed by atoms with van der Waals surface area (Å²) in [5.41, 5.74) is 5.38. The van der Waals surface area contributed by atoms with E-state index in [0.29, 0.717) is 23.7 Å². The van der Waals surface area contributed by atoms with Crippen LogP contribution in [-0.2, 0) is 19.1 Å². The van der Waals surface area contributed by atoms with Crippen molar-refractivity contribution in [2.24, 2.45) is 0 Å². The van der Waals surface area contributed by atoms with Crippen LogP contribution in [0.15, 0.2) is 131 Å². The highest BCUT2D eigenvalue weighted by Gasteiger charge is 2.37. The number of aliphatic carboxylic acids is 1. The minimum atomic E-state index is -1.13. The maximum absolute atomic E-state index is 13.5. The predicted octanol–water partition coefficient (Wildman–Crippen LogP) is 9.03. The van der Waals surface area contributed by atoms with Gasteiger partial charge in [-0.3, -0.25) is 4.79 Å². The number of carbonyl (C=O) groups is 4. The molecule has 0 bridgehead atoms. The Labute approximate surface area is 381 Å². The molecule has 2 fully saturated rings. The first-order valence-electron chi connectivity index (χ1n) is 20.2. The lowest BCUT2D eigenvalue weighted by Gasteiger charge is -2.28. The van der Waals surface area contributed by atoms with Crippen molar-refractivity contribution in [2.75, 3.05) is 27.3 Å². The second kappa shape index (κ2) is 22.7. The molecule has 6 aromatic rings. The third-order valence-electron chi connectivity index (χ3n) is 10.4. The number of hydrogen-bond donors (Lipinski definition) is 6. The Balaban J connectivity index is 0.000000174. The van der Waals surface area contributed by atoms with Gasteiger partial charge in [-0.2, -0.15) is 0 Å². The van der Waals surface area contributed by atoms with Gasteiger partial charge in [0, 0.05) is 15.5 Å². The third kappa shape index (κ3) is 12.6. The van der Waals surface area contributed by atoms with E-state index in [-0.39, 0.29) is 11.9 Å². The number of ether oxygens (including phenoxy) is 2. The molecule has 63 heavy (non-hydrogen) atoms. The number of imidazole rings is 2. The van der Waals surface area contributed by atoms with Crippen molar-refractivity contribution in [3.63, 3.8) is 0 Å². The predicted molar refractivity (Wildman–Crippen MR) is 244 cm³/mol. The van der Waals surface area contributed by atoms with Gasteiger partial charge in [0.25, 0.3) is 5.91 Å². The molecule has 1 unspecified atom stereocenters. The number of rotatable bonds is 10. The van der Waals surface area contributed by atoms with Crippen molar-refractivity contribution in [3.8, 4) is 22.5 Å². The van der Waals surface area contributed by atoms with E-state index in [1.54, 1.807) is 41.4 Å². The van der Waals surface area contributed by atoms with Crippen LogP contribution >= 0.6 is 31.9 Å². The first-order valence-corrected chi connectivity index (χ1v) is 21.8. The van der Waals surface area contributed by atoms with Gasteiger partial charge in [-0.05, 0) is 78.7 Å². The summed E-state index contributed by atoms with van der Waals surface area (Å²) in [7, 11) is 2.46. The molecule has 0 radical (unpaired) electrons. The molecular weight excluding hydrogens is 936 g/mol. The number of amides is 3. The van der Waals surface area contributed by atoms with Crippen molar-refractivity contribution in [2.45, 2.75) is 49.9 Å². The lowest BCUT2D eigenvalue weighted by molar-refractivity contribution is -0.139. The monoisotopic (exact) mass is 982 g/mol. The molecule has 0 saturated carbocycles. The standard InChI is InChI=1S/C23H23BrN4O3.C13H14BrN3.C10H11NO4/c1-31-23(30)27-20(16-6-3-2-4-7-16)22(29)28-13-5-8-19(28)21-25-14-18(26-21)15-9-11-17(24)12-10-15;14-10-5-3-9(4-6-10)12-8-16-13(17-12)11-2-1-7-15-11;1-15-10(14)11-8(9(12)13)7-5-3-2-4-6-7/h2-4,6-7,9-12,14,19-20H,5,8,13H2,1H3,(H,25,26)(H,27,30);3-6,8,11,15H,1-2,7H2,(H,16,17);2-6,8H,1H3,(H,11,14)(H,12,13)/t19-,20+;;8-/m0.1/s1. The van der Waals surface area contributed by atoms with Crippen LogP contribution < -0.4 is 16.0 Å². The van der Waals surface area contributed by atoms with Crippen LogP contribution in [0.25, 0.3) is 22.5 Å². The van der Waals surface area contributed by atoms with Gasteiger partial charge in [0.1, 0.15) is 17.7 Å². The summed E-state index contributed by atoms with van der Waals surface area (Å²) in [6.07, 6.45) is 6.37. The van der Waals surface area contributed by atoms with E-state index in [1.807, 2.05) is 72.9 Å². The summed E-state index contributed by atoms with van der Waals surface area (Å²) in [5.74, 6) is 0.487. The molecule has 4 atom stereocenters. The Morgan fingerprint density at radius 2 is 1.17 bits per heavy atom. The zero-order valence-corrected chi connectivity index (χ0v) is 37.8. The van der Waals surface area contributed by atoms with Crippen LogP contribution in [0, 0.1) is 0 Å². The van der Waals surface area contributed by atoms with E-state index < -0.39 is 30.2 Å². The summed E-state index contributed by atoms with van der Waals surface area (Å²) in [5, 5.41) is 17.2. The molecule has 4 aromatic carbocycles. The lowest BCUT2D eigenvalue weighted by Crippen LogP contribution is -2.42. The quantitative estimate of drug-likeness (QED) is 0.0769. The second-order valence-electron chi connectivity index (χ2n) is 14.5. The zero-order chi connectivity index (χ0) is 44.7. The molecule has 0 spiro atoms. The number of aromatic nitrogens is 4. The maximum Gasteiger partial charge on any atom is 0.407 e. The molecular formula is C46H48Br2N8O7. The molecule has 4 heterocycles. The number of carboxylic acid groups (broad SMARTS) is 1. The minimum absolute atomic E-state index is 0.178. The molecule has 2 aromatic heterocycles. The van der Waals surface area contributed by atoms with Crippen molar-refractivity contribution >= 4 is 55.9 Å². The minimum Gasteiger partial charge on any atom is -0.479 e. The van der Waals surface area contributed by atoms with Crippen LogP contribution in [0.1, 0.15) is 72.6 Å². The number of aromatic amines is 2. The molecule has 2 aliphatic heterocycles. The van der Waals surface area contributed by atoms with E-state index in [1.165, 1.54) is 32.6 Å². The van der Waals surface area contributed by atoms with Gasteiger partial charge in [-0.25, -0.2) is 24.4 Å². The molecule has 2 saturated heterocycles. The zero-order valence-electron chi connectivity index (χ0n) is 34.6. The normalized spacial score (nSPS) is 16.3. The number of methoxy groups -OCH3 is 2. The number of hydrogen-bond acceptors (Lipinski definition) is 9. The number of benzene rings is 4. The number of H-pyrrole nitrogens is 2. The molecule has 15 nitrogen and oxygen atoms in total. The van der Waals surface area contributed by atoms with E-state index in [2.05, 4.69) is 84.6 Å². The molecule has 328 valence electrons. The van der Waals surface area contributed by atoms with Crippen LogP contribution in [0.3, 0.4) is 0 Å². The van der Waals surface area contributed by atoms with Crippen LogP contribution in [0.2, 0.25) is 0 Å². The number of carbonyl (C=O) groups excluding carboxylic acids is 3. The topological polar surface area (TPSA) is 204 Å². The van der Waals surface area contributed by atoms with Crippen LogP contribution in [-0.4, -0.2) is 81.3 Å². The van der Waals surface area contributed by atoms with E-state index in [0.717, 1.165) is 56.9 Å². The average molecular weight is 985 g/mol. The number of alkyl carbamates (subject to hydrolysis) is 2. The maximum atomic E-state index is 13.5. The highest BCUT2D eigenvalue weighted by atomic mass is 79.9. The average Bonchev–Trinajstić information content (AvgIpc) is 4.17. The summed E-state index contributed by atoms with van der Waals surface area (Å²) in [6.45, 7) is 1.70. The molecule has 17 heteroatoms. The third-order valence-corrected chi connectivity index (χ3v) is 11.5. The number of nitrogens with one attached hydrogen (secondary N) is 5. The summed E-state index contributed by atoms with van der Waals surface area (Å²) in [6, 6.07) is 32.1. The second-order valence-corrected chi connectivity index (χ2v) is 16.3. The Kier molecular flexibility index (Phi) is 16.6. The summed E-state index contributed by atoms with van der Waals surface area (Å²) in [4.78, 5) is 64.8. The highest BCUT2D eigenvalue weighted by Crippen LogP contribution is 2.34. The fourth-order valence-electron chi connectivity index (χ4n) is 7.19. The van der Waals surface area contributed by atoms with E-state index in [9.17, 15) is 19.2 Å². The van der Waals surface area contributed by atoms with E-state index >= 15 is 0 Å². The van der Waals surface area contributed by atoms with Crippen molar-refractivity contribution in [1.29, 1.82) is 0 Å². The summed E-state index contributed by atoms with van der Waals surface area (Å²) < 4.78 is 11.2. The van der Waals surface area contributed by atoms with Gasteiger partial charge in [-0.15, -0.1) is 0 Å². The molecule has 0 aliphatic carbocycles. The van der Waals surface area contributed by atoms with Gasteiger partial charge in [0.2, 0.25) is 0 Å². The molecule has 3 amide bonds. The molecule has 6 N–H and O–H groups in total. The summed E-state index contributed by atoms with van der Waals surface area (Å²) >= 11 is 6.89. The van der Waals surface area contributed by atoms with Crippen LogP contribution in [0.4, 0.5) is 9.59 Å². The van der Waals surface area contributed by atoms with Gasteiger partial charge in [-0.1, -0.05) is 117 Å². The van der Waals surface area contributed by atoms with Gasteiger partial charge in [0.15, 0.2) is 6.04 Å². The lowest BCUT2D eigenvalue weighted by atomic mass is 10.1. The number of nitrogens with zero attached hydrogens (tertiary/aromatic N) is 3. The SMILES string of the molecule is Brc1ccc(-c2cnc(C3CCCN3)[nH]2)cc1.COC(=O)N[C@@H](C(=O)N1CCC[C@H]1c1ncc(-c2ccc(Br)cc2)[nH]1)c1ccccc1.COC(=O)N[C@@H](C(=O)O)c1ccccc1. The number of halogens is 2. The Hall–Kier alpha value is -6.30. The largest absolute Gasteiger partial charge is 0.479 e. The van der Waals surface area contributed by atoms with Gasteiger partial charge >= 0.3 is 18.2 Å².